The number of benzene rings is 3. The maximum Gasteiger partial charge on any atom is 0.407 e. The minimum absolute atomic E-state index is 0.00635. The molecule has 0 bridgehead atoms. The molecule has 452 valence electrons. The van der Waals surface area contributed by atoms with Crippen LogP contribution in [0.1, 0.15) is 98.6 Å². The van der Waals surface area contributed by atoms with Crippen LogP contribution in [0.15, 0.2) is 95.8 Å². The zero-order valence-corrected chi connectivity index (χ0v) is 48.6. The summed E-state index contributed by atoms with van der Waals surface area (Å²) in [5.41, 5.74) is 14.1. The Morgan fingerprint density at radius 3 is 2.15 bits per heavy atom. The van der Waals surface area contributed by atoms with Crippen LogP contribution in [0.3, 0.4) is 0 Å². The summed E-state index contributed by atoms with van der Waals surface area (Å²) in [6, 6.07) is 21.9. The number of carbonyl (C=O) groups excluding carboxylic acids is 5. The van der Waals surface area contributed by atoms with Gasteiger partial charge in [0.05, 0.1) is 108 Å². The number of aromatic nitrogens is 2. The fourth-order valence-electron chi connectivity index (χ4n) is 9.87. The zero-order chi connectivity index (χ0) is 59.6. The number of nitrogens with zero attached hydrogens (tertiary/aromatic N) is 2. The smallest absolute Gasteiger partial charge is 0.407 e. The highest BCUT2D eigenvalue weighted by Crippen LogP contribution is 2.39. The first-order valence-electron chi connectivity index (χ1n) is 29.1. The number of rotatable bonds is 37. The number of esters is 1. The number of hydrogen-bond acceptors (Lipinski definition) is 16. The van der Waals surface area contributed by atoms with E-state index in [9.17, 15) is 28.8 Å². The summed E-state index contributed by atoms with van der Waals surface area (Å²) in [6.07, 6.45) is 2.87. The molecule has 6 N–H and O–H groups in total. The lowest BCUT2D eigenvalue weighted by Gasteiger charge is -2.24. The quantitative estimate of drug-likeness (QED) is 0.0157. The second-order valence-electron chi connectivity index (χ2n) is 20.6. The van der Waals surface area contributed by atoms with Crippen LogP contribution in [0.5, 0.6) is 5.75 Å². The summed E-state index contributed by atoms with van der Waals surface area (Å²) in [7, 11) is 0. The van der Waals surface area contributed by atoms with Crippen molar-refractivity contribution in [3.05, 3.63) is 135 Å². The third kappa shape index (κ3) is 19.0. The van der Waals surface area contributed by atoms with Gasteiger partial charge in [0.25, 0.3) is 5.56 Å². The Morgan fingerprint density at radius 1 is 0.774 bits per heavy atom. The average Bonchev–Trinajstić information content (AvgIpc) is 3.05. The number of hydrogen-bond donors (Lipinski definition) is 5. The highest BCUT2D eigenvalue weighted by atomic mass is 16.6. The van der Waals surface area contributed by atoms with Crippen LogP contribution in [0, 0.1) is 0 Å². The number of fused-ring (bicyclic) bond motifs is 5. The molecule has 21 nitrogen and oxygen atoms in total. The van der Waals surface area contributed by atoms with E-state index in [-0.39, 0.29) is 56.7 Å². The number of carbonyl (C=O) groups is 5. The van der Waals surface area contributed by atoms with Gasteiger partial charge in [-0.3, -0.25) is 24.0 Å². The number of nitrogens with one attached hydrogen (secondary N) is 4. The number of nitrogens with two attached hydrogens (primary N) is 1. The lowest BCUT2D eigenvalue weighted by Crippen LogP contribution is -2.53. The largest absolute Gasteiger partial charge is 0.494 e. The summed E-state index contributed by atoms with van der Waals surface area (Å²) in [5, 5.41) is 12.3. The average molecular weight is 1160 g/mol. The normalized spacial score (nSPS) is 13.9. The third-order valence-electron chi connectivity index (χ3n) is 14.2. The minimum Gasteiger partial charge on any atom is -0.494 e. The molecule has 21 heteroatoms. The molecule has 2 aliphatic rings. The standard InChI is InChI=1S/C63H81N7O14/c1-5-47-50-36-46(20-21-53(50)68-58-51(47)38-70-56(58)37-49-48(6-2)62(75)83-41-52(49)61(70)74)82-25-12-24-65-63(76)84-40-44-16-18-45(19-17-44)66-59(72)54(15-10-11-23-64)69-60(73)55(35-43-13-8-7-9-14-43)67-57(71)22-26-77-27-28-78-29-30-79-31-32-80-33-34-81-39-42(3)4/h7-9,13-14,16-21,36-37,48,54-55H,3,5-6,10-12,15,22-35,38-41,64H2,1-2,4H3,(H,65,76)(H,66,72)(H,67,71)(H,69,73)/t48-,54+,55+/m1/s1. The van der Waals surface area contributed by atoms with Gasteiger partial charge in [0.15, 0.2) is 0 Å². The molecule has 2 aromatic heterocycles. The monoisotopic (exact) mass is 1160 g/mol. The predicted octanol–water partition coefficient (Wildman–Crippen LogP) is 6.56. The number of anilines is 1. The first-order valence-corrected chi connectivity index (χ1v) is 29.1. The van der Waals surface area contributed by atoms with E-state index in [4.69, 9.17) is 48.6 Å². The van der Waals surface area contributed by atoms with Crippen LogP contribution in [-0.4, -0.2) is 137 Å². The van der Waals surface area contributed by atoms with Crippen LogP contribution < -0.4 is 37.3 Å². The van der Waals surface area contributed by atoms with Crippen molar-refractivity contribution in [3.8, 4) is 17.1 Å². The maximum atomic E-state index is 13.9. The van der Waals surface area contributed by atoms with Crippen LogP contribution >= 0.6 is 0 Å². The summed E-state index contributed by atoms with van der Waals surface area (Å²) < 4.78 is 46.2. The van der Waals surface area contributed by atoms with Gasteiger partial charge in [-0.1, -0.05) is 68.5 Å². The lowest BCUT2D eigenvalue weighted by molar-refractivity contribution is -0.148. The molecule has 4 amide bonds. The Bertz CT molecular complexity index is 3060. The highest BCUT2D eigenvalue weighted by molar-refractivity contribution is 5.98. The maximum absolute atomic E-state index is 13.9. The van der Waals surface area contributed by atoms with Crippen molar-refractivity contribution in [2.45, 2.75) is 110 Å². The summed E-state index contributed by atoms with van der Waals surface area (Å²) in [6.45, 7) is 14.9. The fourth-order valence-corrected chi connectivity index (χ4v) is 9.87. The third-order valence-corrected chi connectivity index (χ3v) is 14.2. The van der Waals surface area contributed by atoms with E-state index < -0.39 is 35.9 Å². The van der Waals surface area contributed by atoms with Crippen LogP contribution in [0.2, 0.25) is 0 Å². The Labute approximate surface area is 490 Å². The number of pyridine rings is 2. The van der Waals surface area contributed by atoms with Crippen molar-refractivity contribution in [2.75, 3.05) is 91.1 Å². The first-order chi connectivity index (χ1) is 40.9. The van der Waals surface area contributed by atoms with E-state index in [1.54, 1.807) is 28.8 Å². The zero-order valence-electron chi connectivity index (χ0n) is 48.6. The Kier molecular flexibility index (Phi) is 25.7. The number of unbranched alkanes of at least 4 members (excludes halogenated alkanes) is 1. The van der Waals surface area contributed by atoms with Crippen LogP contribution in [0.4, 0.5) is 10.5 Å². The van der Waals surface area contributed by atoms with Gasteiger partial charge < -0.3 is 69.5 Å². The molecule has 3 atom stereocenters. The predicted molar refractivity (Wildman–Crippen MR) is 317 cm³/mol. The van der Waals surface area contributed by atoms with Gasteiger partial charge in [-0.2, -0.15) is 0 Å². The SMILES string of the molecule is C=C(C)COCCOCCOCCOCCOCCC(=O)N[C@@H](Cc1ccccc1)C(=O)N[C@@H](CCCCN)C(=O)Nc1ccc(COC(=O)NCCCOc2ccc3nc4c(c(CC)c3c2)Cn2c-4cc3c(c2=O)COC(=O)[C@@H]3CC)cc1. The van der Waals surface area contributed by atoms with Crippen LogP contribution in [0.25, 0.3) is 22.3 Å². The van der Waals surface area contributed by atoms with Crippen molar-refractivity contribution < 1.29 is 61.9 Å². The van der Waals surface area contributed by atoms with Gasteiger partial charge >= 0.3 is 12.1 Å². The fraction of sp³-hybridized carbons (Fsp3) is 0.476. The molecule has 0 aliphatic carbocycles. The van der Waals surface area contributed by atoms with Gasteiger partial charge in [0.2, 0.25) is 17.7 Å². The number of cyclic esters (lactones) is 1. The second-order valence-corrected chi connectivity index (χ2v) is 20.6. The number of amides is 4. The summed E-state index contributed by atoms with van der Waals surface area (Å²) in [5.74, 6) is -1.48. The van der Waals surface area contributed by atoms with Crippen LogP contribution in [-0.2, 0) is 84.9 Å². The molecule has 0 fully saturated rings. The molecule has 0 saturated heterocycles. The molecule has 0 spiro atoms. The molecule has 0 radical (unpaired) electrons. The number of alkyl carbamates (subject to hydrolysis) is 1. The number of ether oxygens (including phenoxy) is 8. The van der Waals surface area contributed by atoms with Crippen molar-refractivity contribution in [1.29, 1.82) is 0 Å². The first kappa shape index (κ1) is 64.0. The number of aryl methyl sites for hydroxylation is 1. The van der Waals surface area contributed by atoms with Gasteiger partial charge in [-0.05, 0) is 111 Å². The van der Waals surface area contributed by atoms with Crippen molar-refractivity contribution >= 4 is 46.4 Å². The van der Waals surface area contributed by atoms with Gasteiger partial charge in [0, 0.05) is 36.0 Å². The van der Waals surface area contributed by atoms with E-state index in [1.807, 2.05) is 68.4 Å². The van der Waals surface area contributed by atoms with E-state index in [2.05, 4.69) is 34.8 Å². The van der Waals surface area contributed by atoms with Crippen molar-refractivity contribution in [1.82, 2.24) is 25.5 Å². The van der Waals surface area contributed by atoms with E-state index in [0.29, 0.717) is 140 Å². The molecule has 0 unspecified atom stereocenters. The molecule has 2 aliphatic heterocycles. The minimum atomic E-state index is -0.979. The molecule has 7 rings (SSSR count). The summed E-state index contributed by atoms with van der Waals surface area (Å²) >= 11 is 0. The van der Waals surface area contributed by atoms with Gasteiger partial charge in [0.1, 0.15) is 31.0 Å². The van der Waals surface area contributed by atoms with Crippen molar-refractivity contribution in [3.63, 3.8) is 0 Å². The highest BCUT2D eigenvalue weighted by Gasteiger charge is 2.35. The van der Waals surface area contributed by atoms with E-state index in [0.717, 1.165) is 50.1 Å². The molecule has 84 heavy (non-hydrogen) atoms. The molecule has 5 aromatic rings. The topological polar surface area (TPSA) is 268 Å². The lowest BCUT2D eigenvalue weighted by atomic mass is 9.90. The Morgan fingerprint density at radius 2 is 1.48 bits per heavy atom. The molecule has 0 saturated carbocycles. The molecular formula is C63H81N7O14. The second kappa shape index (κ2) is 33.7. The van der Waals surface area contributed by atoms with Gasteiger partial charge in [-0.25, -0.2) is 9.78 Å². The molecule has 4 heterocycles. The molecule has 3 aromatic carbocycles. The van der Waals surface area contributed by atoms with Crippen molar-refractivity contribution in [2.24, 2.45) is 5.73 Å². The van der Waals surface area contributed by atoms with E-state index >= 15 is 0 Å². The Balaban J connectivity index is 0.812. The summed E-state index contributed by atoms with van der Waals surface area (Å²) in [4.78, 5) is 84.8. The van der Waals surface area contributed by atoms with Gasteiger partial charge in [-0.15, -0.1) is 0 Å². The van der Waals surface area contributed by atoms with E-state index in [1.165, 1.54) is 0 Å². The molecular weight excluding hydrogens is 1080 g/mol. The Hall–Kier alpha value is -7.53.